The highest BCUT2D eigenvalue weighted by Gasteiger charge is 2.14. The first-order valence-electron chi connectivity index (χ1n) is 10.3. The van der Waals surface area contributed by atoms with Crippen LogP contribution >= 0.6 is 0 Å². The number of esters is 2. The van der Waals surface area contributed by atoms with Gasteiger partial charge >= 0.3 is 11.9 Å². The minimum absolute atomic E-state index is 0.141. The Kier molecular flexibility index (Phi) is 17.0. The number of hydrogen-bond acceptors (Lipinski definition) is 4. The van der Waals surface area contributed by atoms with Crippen LogP contribution in [0.5, 0.6) is 0 Å². The molecule has 0 N–H and O–H groups in total. The highest BCUT2D eigenvalue weighted by atomic mass is 16.5. The molecule has 0 aromatic carbocycles. The molecule has 1 unspecified atom stereocenters. The van der Waals surface area contributed by atoms with Crippen molar-refractivity contribution >= 4 is 11.9 Å². The Morgan fingerprint density at radius 3 is 1.84 bits per heavy atom. The van der Waals surface area contributed by atoms with Gasteiger partial charge in [0.15, 0.2) is 0 Å². The van der Waals surface area contributed by atoms with Gasteiger partial charge in [-0.15, -0.1) is 0 Å². The summed E-state index contributed by atoms with van der Waals surface area (Å²) in [6.45, 7) is 4.64. The van der Waals surface area contributed by atoms with Crippen LogP contribution in [0.4, 0.5) is 0 Å². The Hall–Kier alpha value is -1.06. The molecule has 0 bridgehead atoms. The van der Waals surface area contributed by atoms with Crippen molar-refractivity contribution in [3.05, 3.63) is 0 Å². The lowest BCUT2D eigenvalue weighted by molar-refractivity contribution is -0.149. The Bertz CT molecular complexity index is 328. The van der Waals surface area contributed by atoms with E-state index >= 15 is 0 Å². The number of carbonyl (C=O) groups is 2. The molecule has 0 fully saturated rings. The largest absolute Gasteiger partial charge is 0.469 e. The van der Waals surface area contributed by atoms with E-state index in [0.717, 1.165) is 12.8 Å². The first-order valence-corrected chi connectivity index (χ1v) is 10.3. The van der Waals surface area contributed by atoms with Crippen molar-refractivity contribution in [2.45, 2.75) is 104 Å². The zero-order valence-electron chi connectivity index (χ0n) is 16.8. The first-order chi connectivity index (χ1) is 12.1. The highest BCUT2D eigenvalue weighted by Crippen LogP contribution is 2.13. The van der Waals surface area contributed by atoms with Crippen LogP contribution in [-0.4, -0.2) is 25.7 Å². The Balaban J connectivity index is 3.35. The van der Waals surface area contributed by atoms with E-state index in [0.29, 0.717) is 25.9 Å². The second kappa shape index (κ2) is 17.8. The van der Waals surface area contributed by atoms with Crippen LogP contribution in [0.1, 0.15) is 104 Å². The summed E-state index contributed by atoms with van der Waals surface area (Å²) in [5, 5.41) is 0. The van der Waals surface area contributed by atoms with Crippen molar-refractivity contribution in [2.75, 3.05) is 13.7 Å². The molecule has 1 atom stereocenters. The zero-order valence-corrected chi connectivity index (χ0v) is 16.8. The van der Waals surface area contributed by atoms with E-state index in [1.165, 1.54) is 64.9 Å². The van der Waals surface area contributed by atoms with Gasteiger partial charge in [0, 0.05) is 6.42 Å². The summed E-state index contributed by atoms with van der Waals surface area (Å²) in [6, 6.07) is 0. The fourth-order valence-electron chi connectivity index (χ4n) is 2.85. The number of ether oxygens (including phenoxy) is 2. The summed E-state index contributed by atoms with van der Waals surface area (Å²) in [4.78, 5) is 22.9. The maximum absolute atomic E-state index is 11.8. The van der Waals surface area contributed by atoms with Gasteiger partial charge in [-0.05, 0) is 19.3 Å². The number of rotatable bonds is 17. The molecule has 0 rings (SSSR count). The van der Waals surface area contributed by atoms with Crippen LogP contribution in [-0.2, 0) is 19.1 Å². The molecular weight excluding hydrogens is 316 g/mol. The summed E-state index contributed by atoms with van der Waals surface area (Å²) < 4.78 is 9.90. The average Bonchev–Trinajstić information content (AvgIpc) is 2.62. The summed E-state index contributed by atoms with van der Waals surface area (Å²) in [5.74, 6) is -0.504. The van der Waals surface area contributed by atoms with Gasteiger partial charge in [0.05, 0.1) is 19.6 Å². The minimum Gasteiger partial charge on any atom is -0.469 e. The Morgan fingerprint density at radius 1 is 0.800 bits per heavy atom. The van der Waals surface area contributed by atoms with Gasteiger partial charge in [0.1, 0.15) is 0 Å². The third-order valence-electron chi connectivity index (χ3n) is 4.64. The normalized spacial score (nSPS) is 12.0. The lowest BCUT2D eigenvalue weighted by Gasteiger charge is -2.11. The predicted octanol–water partition coefficient (Wildman–Crippen LogP) is 5.82. The number of carbonyl (C=O) groups excluding carboxylic acids is 2. The molecular formula is C21H40O4. The number of methoxy groups -OCH3 is 1. The average molecular weight is 357 g/mol. The predicted molar refractivity (Wildman–Crippen MR) is 102 cm³/mol. The second-order valence-electron chi connectivity index (χ2n) is 7.07. The van der Waals surface area contributed by atoms with Crippen molar-refractivity contribution in [1.82, 2.24) is 0 Å². The van der Waals surface area contributed by atoms with Gasteiger partial charge in [-0.25, -0.2) is 0 Å². The fourth-order valence-corrected chi connectivity index (χ4v) is 2.85. The third kappa shape index (κ3) is 16.2. The molecule has 0 aromatic rings. The molecule has 0 aliphatic rings. The van der Waals surface area contributed by atoms with Crippen LogP contribution in [0.25, 0.3) is 0 Å². The molecule has 0 aliphatic heterocycles. The number of hydrogen-bond donors (Lipinski definition) is 0. The SMILES string of the molecule is CCCCCCCCCCCCCOC(=O)C(C)CCCC(=O)OC. The van der Waals surface area contributed by atoms with Crippen LogP contribution in [0.3, 0.4) is 0 Å². The van der Waals surface area contributed by atoms with Gasteiger partial charge in [-0.2, -0.15) is 0 Å². The van der Waals surface area contributed by atoms with E-state index in [4.69, 9.17) is 4.74 Å². The maximum Gasteiger partial charge on any atom is 0.308 e. The molecule has 148 valence electrons. The molecule has 4 heteroatoms. The van der Waals surface area contributed by atoms with Gasteiger partial charge < -0.3 is 9.47 Å². The molecule has 0 aliphatic carbocycles. The molecule has 0 amide bonds. The third-order valence-corrected chi connectivity index (χ3v) is 4.64. The standard InChI is InChI=1S/C21H40O4/c1-4-5-6-7-8-9-10-11-12-13-14-18-25-21(23)19(2)16-15-17-20(22)24-3/h19H,4-18H2,1-3H3. The summed E-state index contributed by atoms with van der Waals surface area (Å²) in [7, 11) is 1.38. The van der Waals surface area contributed by atoms with E-state index in [-0.39, 0.29) is 17.9 Å². The van der Waals surface area contributed by atoms with Crippen LogP contribution in [0, 0.1) is 5.92 Å². The van der Waals surface area contributed by atoms with Crippen molar-refractivity contribution < 1.29 is 19.1 Å². The lowest BCUT2D eigenvalue weighted by atomic mass is 10.0. The van der Waals surface area contributed by atoms with Gasteiger partial charge in [0.2, 0.25) is 0 Å². The smallest absolute Gasteiger partial charge is 0.308 e. The first kappa shape index (κ1) is 23.9. The van der Waals surface area contributed by atoms with E-state index in [1.54, 1.807) is 0 Å². The molecule has 0 saturated carbocycles. The molecule has 0 heterocycles. The van der Waals surface area contributed by atoms with Crippen molar-refractivity contribution in [2.24, 2.45) is 5.92 Å². The monoisotopic (exact) mass is 356 g/mol. The van der Waals surface area contributed by atoms with Crippen molar-refractivity contribution in [1.29, 1.82) is 0 Å². The molecule has 0 saturated heterocycles. The van der Waals surface area contributed by atoms with E-state index in [2.05, 4.69) is 11.7 Å². The van der Waals surface area contributed by atoms with Crippen LogP contribution in [0.15, 0.2) is 0 Å². The topological polar surface area (TPSA) is 52.6 Å². The lowest BCUT2D eigenvalue weighted by Crippen LogP contribution is -2.16. The summed E-state index contributed by atoms with van der Waals surface area (Å²) in [5.41, 5.74) is 0. The molecule has 4 nitrogen and oxygen atoms in total. The Labute approximate surface area is 155 Å². The molecule has 0 spiro atoms. The van der Waals surface area contributed by atoms with Crippen molar-refractivity contribution in [3.8, 4) is 0 Å². The molecule has 0 radical (unpaired) electrons. The quantitative estimate of drug-likeness (QED) is 0.243. The van der Waals surface area contributed by atoms with Crippen molar-refractivity contribution in [3.63, 3.8) is 0 Å². The maximum atomic E-state index is 11.8. The Morgan fingerprint density at radius 2 is 1.32 bits per heavy atom. The highest BCUT2D eigenvalue weighted by molar-refractivity contribution is 5.72. The van der Waals surface area contributed by atoms with Gasteiger partial charge in [0.25, 0.3) is 0 Å². The van der Waals surface area contributed by atoms with Gasteiger partial charge in [-0.3, -0.25) is 9.59 Å². The van der Waals surface area contributed by atoms with E-state index in [9.17, 15) is 9.59 Å². The van der Waals surface area contributed by atoms with E-state index < -0.39 is 0 Å². The summed E-state index contributed by atoms with van der Waals surface area (Å²) >= 11 is 0. The van der Waals surface area contributed by atoms with Crippen LogP contribution < -0.4 is 0 Å². The number of unbranched alkanes of at least 4 members (excludes halogenated alkanes) is 10. The van der Waals surface area contributed by atoms with Crippen LogP contribution in [0.2, 0.25) is 0 Å². The minimum atomic E-state index is -0.221. The zero-order chi connectivity index (χ0) is 18.8. The molecule has 25 heavy (non-hydrogen) atoms. The van der Waals surface area contributed by atoms with Gasteiger partial charge in [-0.1, -0.05) is 78.1 Å². The van der Waals surface area contributed by atoms with E-state index in [1.807, 2.05) is 6.92 Å². The summed E-state index contributed by atoms with van der Waals surface area (Å²) in [6.07, 6.45) is 15.9. The second-order valence-corrected chi connectivity index (χ2v) is 7.07. The molecule has 0 aromatic heterocycles. The fraction of sp³-hybridized carbons (Fsp3) is 0.905.